The Morgan fingerprint density at radius 3 is 2.47 bits per heavy atom. The van der Waals surface area contributed by atoms with Crippen LogP contribution in [0.15, 0.2) is 24.3 Å². The van der Waals surface area contributed by atoms with E-state index in [-0.39, 0.29) is 22.3 Å². The molecule has 1 heterocycles. The summed E-state index contributed by atoms with van der Waals surface area (Å²) in [7, 11) is 0. The summed E-state index contributed by atoms with van der Waals surface area (Å²) in [5.41, 5.74) is 2.10. The van der Waals surface area contributed by atoms with Crippen molar-refractivity contribution in [1.29, 1.82) is 0 Å². The molecule has 3 unspecified atom stereocenters. The highest BCUT2D eigenvalue weighted by Crippen LogP contribution is 2.40. The second-order valence-corrected chi connectivity index (χ2v) is 6.49. The fourth-order valence-electron chi connectivity index (χ4n) is 3.04. The molecule has 0 bridgehead atoms. The van der Waals surface area contributed by atoms with Crippen molar-refractivity contribution in [2.75, 3.05) is 6.54 Å². The zero-order valence-corrected chi connectivity index (χ0v) is 12.0. The van der Waals surface area contributed by atoms with E-state index in [9.17, 15) is 10.1 Å². The third-order valence-corrected chi connectivity index (χ3v) is 4.19. The molecule has 0 aromatic heterocycles. The van der Waals surface area contributed by atoms with E-state index in [0.717, 1.165) is 11.1 Å². The molecule has 4 nitrogen and oxygen atoms in total. The van der Waals surface area contributed by atoms with Crippen molar-refractivity contribution in [1.82, 2.24) is 5.32 Å². The second-order valence-electron chi connectivity index (χ2n) is 6.49. The quantitative estimate of drug-likeness (QED) is 0.658. The summed E-state index contributed by atoms with van der Waals surface area (Å²) in [6.07, 6.45) is 0. The number of rotatable bonds is 2. The zero-order chi connectivity index (χ0) is 14.2. The fourth-order valence-corrected chi connectivity index (χ4v) is 3.04. The van der Waals surface area contributed by atoms with Gasteiger partial charge in [0.05, 0.1) is 0 Å². The van der Waals surface area contributed by atoms with Crippen LogP contribution in [0.4, 0.5) is 0 Å². The van der Waals surface area contributed by atoms with E-state index in [0.29, 0.717) is 6.54 Å². The zero-order valence-electron chi connectivity index (χ0n) is 12.0. The van der Waals surface area contributed by atoms with Crippen LogP contribution in [0, 0.1) is 28.4 Å². The lowest BCUT2D eigenvalue weighted by Gasteiger charge is -2.28. The molecule has 4 heteroatoms. The summed E-state index contributed by atoms with van der Waals surface area (Å²) in [6, 6.07) is 7.19. The Kier molecular flexibility index (Phi) is 3.63. The monoisotopic (exact) mass is 262 g/mol. The molecule has 1 aromatic rings. The molecule has 1 fully saturated rings. The summed E-state index contributed by atoms with van der Waals surface area (Å²) in [5.74, 6) is 0.0482. The molecule has 1 aliphatic rings. The molecular formula is C15H22N2O2. The molecular weight excluding hydrogens is 240 g/mol. The van der Waals surface area contributed by atoms with Crippen molar-refractivity contribution in [2.45, 2.75) is 39.8 Å². The van der Waals surface area contributed by atoms with Crippen molar-refractivity contribution in [3.8, 4) is 0 Å². The van der Waals surface area contributed by atoms with Gasteiger partial charge in [0.25, 0.3) is 0 Å². The Morgan fingerprint density at radius 1 is 1.32 bits per heavy atom. The summed E-state index contributed by atoms with van der Waals surface area (Å²) in [4.78, 5) is 11.4. The van der Waals surface area contributed by atoms with Gasteiger partial charge < -0.3 is 5.32 Å². The van der Waals surface area contributed by atoms with Gasteiger partial charge in [-0.2, -0.15) is 0 Å². The number of nitrogens with zero attached hydrogens (tertiary/aromatic N) is 1. The van der Waals surface area contributed by atoms with E-state index in [1.54, 1.807) is 0 Å². The Hall–Kier alpha value is -1.42. The van der Waals surface area contributed by atoms with Crippen molar-refractivity contribution in [2.24, 2.45) is 11.3 Å². The van der Waals surface area contributed by atoms with E-state index < -0.39 is 6.04 Å². The molecule has 1 aliphatic heterocycles. The van der Waals surface area contributed by atoms with Crippen LogP contribution in [0.5, 0.6) is 0 Å². The van der Waals surface area contributed by atoms with Gasteiger partial charge in [-0.05, 0) is 23.5 Å². The molecule has 1 aromatic carbocycles. The molecule has 0 radical (unpaired) electrons. The molecule has 1 saturated heterocycles. The van der Waals surface area contributed by atoms with Gasteiger partial charge in [-0.1, -0.05) is 45.0 Å². The number of hydrogen-bond donors (Lipinski definition) is 1. The molecule has 0 amide bonds. The van der Waals surface area contributed by atoms with Crippen molar-refractivity contribution in [3.63, 3.8) is 0 Å². The minimum atomic E-state index is -0.555. The third-order valence-electron chi connectivity index (χ3n) is 4.19. The van der Waals surface area contributed by atoms with Crippen LogP contribution in [-0.4, -0.2) is 17.5 Å². The summed E-state index contributed by atoms with van der Waals surface area (Å²) >= 11 is 0. The molecule has 104 valence electrons. The van der Waals surface area contributed by atoms with Crippen molar-refractivity contribution >= 4 is 0 Å². The SMILES string of the molecule is Cc1ccccc1C1NCC(C(C)(C)C)C1[N+](=O)[O-]. The maximum absolute atomic E-state index is 11.5. The van der Waals surface area contributed by atoms with Crippen LogP contribution < -0.4 is 5.32 Å². The van der Waals surface area contributed by atoms with Crippen LogP contribution in [0.3, 0.4) is 0 Å². The third kappa shape index (κ3) is 2.63. The molecule has 0 aliphatic carbocycles. The first-order chi connectivity index (χ1) is 8.82. The van der Waals surface area contributed by atoms with E-state index in [2.05, 4.69) is 26.1 Å². The highest BCUT2D eigenvalue weighted by atomic mass is 16.6. The Labute approximate surface area is 114 Å². The van der Waals surface area contributed by atoms with Crippen molar-refractivity contribution in [3.05, 3.63) is 45.5 Å². The first-order valence-electron chi connectivity index (χ1n) is 6.75. The van der Waals surface area contributed by atoms with E-state index in [1.165, 1.54) is 0 Å². The molecule has 0 saturated carbocycles. The average molecular weight is 262 g/mol. The number of nitrogens with one attached hydrogen (secondary N) is 1. The van der Waals surface area contributed by atoms with Gasteiger partial charge in [0, 0.05) is 17.4 Å². The van der Waals surface area contributed by atoms with Gasteiger partial charge >= 0.3 is 0 Å². The predicted octanol–water partition coefficient (Wildman–Crippen LogP) is 2.95. The highest BCUT2D eigenvalue weighted by Gasteiger charge is 2.50. The number of hydrogen-bond acceptors (Lipinski definition) is 3. The topological polar surface area (TPSA) is 55.2 Å². The number of aryl methyl sites for hydroxylation is 1. The van der Waals surface area contributed by atoms with Gasteiger partial charge in [-0.3, -0.25) is 10.1 Å². The van der Waals surface area contributed by atoms with Crippen LogP contribution in [0.1, 0.15) is 37.9 Å². The van der Waals surface area contributed by atoms with Crippen molar-refractivity contribution < 1.29 is 4.92 Å². The minimum absolute atomic E-state index is 0.0482. The van der Waals surface area contributed by atoms with Crippen LogP contribution in [0.25, 0.3) is 0 Å². The lowest BCUT2D eigenvalue weighted by atomic mass is 9.76. The largest absolute Gasteiger partial charge is 0.304 e. The second kappa shape index (κ2) is 4.93. The van der Waals surface area contributed by atoms with Crippen LogP contribution in [0.2, 0.25) is 0 Å². The minimum Gasteiger partial charge on any atom is -0.304 e. The maximum Gasteiger partial charge on any atom is 0.236 e. The lowest BCUT2D eigenvalue weighted by Crippen LogP contribution is -2.37. The number of nitro groups is 1. The Balaban J connectivity index is 2.38. The molecule has 0 spiro atoms. The standard InChI is InChI=1S/C15H22N2O2/c1-10-7-5-6-8-11(10)13-14(17(18)19)12(9-16-13)15(2,3)4/h5-8,12-14,16H,9H2,1-4H3. The first kappa shape index (κ1) is 14.0. The van der Waals surface area contributed by atoms with Crippen LogP contribution in [-0.2, 0) is 0 Å². The average Bonchev–Trinajstić information content (AvgIpc) is 2.73. The highest BCUT2D eigenvalue weighted by molar-refractivity contribution is 5.30. The van der Waals surface area contributed by atoms with E-state index in [1.807, 2.05) is 31.2 Å². The van der Waals surface area contributed by atoms with Crippen LogP contribution >= 0.6 is 0 Å². The lowest BCUT2D eigenvalue weighted by molar-refractivity contribution is -0.535. The van der Waals surface area contributed by atoms with Gasteiger partial charge in [0.1, 0.15) is 6.04 Å². The summed E-state index contributed by atoms with van der Waals surface area (Å²) in [5, 5.41) is 14.9. The molecule has 19 heavy (non-hydrogen) atoms. The maximum atomic E-state index is 11.5. The van der Waals surface area contributed by atoms with Gasteiger partial charge in [0.15, 0.2) is 0 Å². The van der Waals surface area contributed by atoms with Gasteiger partial charge in [0.2, 0.25) is 6.04 Å². The summed E-state index contributed by atoms with van der Waals surface area (Å²) < 4.78 is 0. The summed E-state index contributed by atoms with van der Waals surface area (Å²) in [6.45, 7) is 8.95. The molecule has 1 N–H and O–H groups in total. The van der Waals surface area contributed by atoms with E-state index in [4.69, 9.17) is 0 Å². The fraction of sp³-hybridized carbons (Fsp3) is 0.600. The van der Waals surface area contributed by atoms with Gasteiger partial charge in [-0.25, -0.2) is 0 Å². The molecule has 3 atom stereocenters. The molecule has 2 rings (SSSR count). The van der Waals surface area contributed by atoms with E-state index >= 15 is 0 Å². The number of benzene rings is 1. The predicted molar refractivity (Wildman–Crippen MR) is 75.7 cm³/mol. The Bertz CT molecular complexity index is 479. The normalized spacial score (nSPS) is 27.5. The van der Waals surface area contributed by atoms with Gasteiger partial charge in [-0.15, -0.1) is 0 Å². The smallest absolute Gasteiger partial charge is 0.236 e. The first-order valence-corrected chi connectivity index (χ1v) is 6.75. The Morgan fingerprint density at radius 2 is 1.95 bits per heavy atom.